The zero-order valence-electron chi connectivity index (χ0n) is 10.9. The third-order valence-electron chi connectivity index (χ3n) is 3.71. The Hall–Kier alpha value is -1.91. The number of fused-ring (bicyclic) bond motifs is 1. The minimum Gasteiger partial charge on any atom is -0.339 e. The molecule has 3 rings (SSSR count). The molecule has 1 aromatic carbocycles. The first-order valence-corrected chi connectivity index (χ1v) is 6.94. The van der Waals surface area contributed by atoms with Crippen molar-refractivity contribution < 1.29 is 4.79 Å². The maximum absolute atomic E-state index is 12.5. The highest BCUT2D eigenvalue weighted by molar-refractivity contribution is 5.97. The van der Waals surface area contributed by atoms with Crippen LogP contribution in [0.5, 0.6) is 0 Å². The Morgan fingerprint density at radius 1 is 1.00 bits per heavy atom. The van der Waals surface area contributed by atoms with E-state index in [4.69, 9.17) is 0 Å². The number of hydrogen-bond acceptors (Lipinski definition) is 3. The maximum atomic E-state index is 12.5. The molecule has 0 unspecified atom stereocenters. The molecule has 5 heteroatoms. The quantitative estimate of drug-likeness (QED) is 0.854. The average molecular weight is 258 g/mol. The van der Waals surface area contributed by atoms with Crippen LogP contribution in [-0.4, -0.2) is 39.3 Å². The normalized spacial score (nSPS) is 17.2. The number of rotatable bonds is 1. The topological polar surface area (TPSA) is 61.9 Å². The van der Waals surface area contributed by atoms with Crippen LogP contribution in [0.15, 0.2) is 18.2 Å². The summed E-state index contributed by atoms with van der Waals surface area (Å²) in [6.07, 6.45) is 5.97. The minimum absolute atomic E-state index is 0.117. The Bertz CT molecular complexity index is 570. The van der Waals surface area contributed by atoms with Crippen molar-refractivity contribution in [2.24, 2.45) is 0 Å². The van der Waals surface area contributed by atoms with Crippen LogP contribution in [0.25, 0.3) is 11.0 Å². The summed E-state index contributed by atoms with van der Waals surface area (Å²) in [5.41, 5.74) is 2.25. The predicted octanol–water partition coefficient (Wildman–Crippen LogP) is 2.36. The van der Waals surface area contributed by atoms with E-state index in [2.05, 4.69) is 15.4 Å². The molecule has 1 aliphatic rings. The molecule has 0 atom stereocenters. The first-order chi connectivity index (χ1) is 9.34. The standard InChI is InChI=1S/C14H18N4O/c19-14(18-8-4-2-1-3-5-9-18)11-6-7-12-13(10-11)16-17-15-12/h6-7,10H,1-5,8-9H2,(H,15,16,17). The van der Waals surface area contributed by atoms with E-state index in [1.54, 1.807) is 0 Å². The van der Waals surface area contributed by atoms with Crippen molar-refractivity contribution in [2.45, 2.75) is 32.1 Å². The van der Waals surface area contributed by atoms with Crippen LogP contribution in [0.2, 0.25) is 0 Å². The fourth-order valence-electron chi connectivity index (χ4n) is 2.61. The summed E-state index contributed by atoms with van der Waals surface area (Å²) >= 11 is 0. The van der Waals surface area contributed by atoms with E-state index in [0.717, 1.165) is 37.0 Å². The molecule has 100 valence electrons. The van der Waals surface area contributed by atoms with Gasteiger partial charge < -0.3 is 4.90 Å². The van der Waals surface area contributed by atoms with Crippen molar-refractivity contribution in [1.29, 1.82) is 0 Å². The van der Waals surface area contributed by atoms with Gasteiger partial charge in [0.05, 0.1) is 0 Å². The Kier molecular flexibility index (Phi) is 3.44. The van der Waals surface area contributed by atoms with Crippen molar-refractivity contribution in [1.82, 2.24) is 20.3 Å². The Labute approximate surface area is 112 Å². The zero-order chi connectivity index (χ0) is 13.1. The third-order valence-corrected chi connectivity index (χ3v) is 3.71. The molecule has 0 aliphatic carbocycles. The van der Waals surface area contributed by atoms with E-state index in [0.29, 0.717) is 5.56 Å². The molecule has 0 spiro atoms. The summed E-state index contributed by atoms with van der Waals surface area (Å²) in [7, 11) is 0. The fraction of sp³-hybridized carbons (Fsp3) is 0.500. The third kappa shape index (κ3) is 2.59. The van der Waals surface area contributed by atoms with E-state index in [9.17, 15) is 4.79 Å². The maximum Gasteiger partial charge on any atom is 0.253 e. The van der Waals surface area contributed by atoms with Gasteiger partial charge in [-0.15, -0.1) is 0 Å². The first-order valence-electron chi connectivity index (χ1n) is 6.94. The van der Waals surface area contributed by atoms with Gasteiger partial charge in [0.2, 0.25) is 0 Å². The van der Waals surface area contributed by atoms with Crippen molar-refractivity contribution in [3.05, 3.63) is 23.8 Å². The van der Waals surface area contributed by atoms with Crippen molar-refractivity contribution in [3.63, 3.8) is 0 Å². The van der Waals surface area contributed by atoms with Crippen molar-refractivity contribution in [2.75, 3.05) is 13.1 Å². The minimum atomic E-state index is 0.117. The number of amides is 1. The van der Waals surface area contributed by atoms with Crippen LogP contribution in [0.4, 0.5) is 0 Å². The summed E-state index contributed by atoms with van der Waals surface area (Å²) in [5, 5.41) is 10.6. The lowest BCUT2D eigenvalue weighted by molar-refractivity contribution is 0.0742. The predicted molar refractivity (Wildman–Crippen MR) is 72.9 cm³/mol. The van der Waals surface area contributed by atoms with E-state index in [-0.39, 0.29) is 5.91 Å². The first kappa shape index (κ1) is 12.1. The van der Waals surface area contributed by atoms with Gasteiger partial charge in [-0.05, 0) is 31.0 Å². The molecule has 1 saturated heterocycles. The van der Waals surface area contributed by atoms with Gasteiger partial charge >= 0.3 is 0 Å². The number of aromatic amines is 1. The molecule has 1 N–H and O–H groups in total. The molecule has 2 heterocycles. The summed E-state index contributed by atoms with van der Waals surface area (Å²) in [4.78, 5) is 14.5. The number of nitrogens with one attached hydrogen (secondary N) is 1. The number of aromatic nitrogens is 3. The average Bonchev–Trinajstić information content (AvgIpc) is 2.84. The molecular weight excluding hydrogens is 240 g/mol. The summed E-state index contributed by atoms with van der Waals surface area (Å²) in [6, 6.07) is 5.50. The highest BCUT2D eigenvalue weighted by atomic mass is 16.2. The molecule has 19 heavy (non-hydrogen) atoms. The van der Waals surface area contributed by atoms with Crippen LogP contribution in [0, 0.1) is 0 Å². The summed E-state index contributed by atoms with van der Waals surface area (Å²) in [6.45, 7) is 1.74. The zero-order valence-corrected chi connectivity index (χ0v) is 10.9. The van der Waals surface area contributed by atoms with Gasteiger partial charge in [-0.3, -0.25) is 4.79 Å². The van der Waals surface area contributed by atoms with Crippen LogP contribution in [0.1, 0.15) is 42.5 Å². The number of carbonyl (C=O) groups is 1. The summed E-state index contributed by atoms with van der Waals surface area (Å²) in [5.74, 6) is 0.117. The number of H-pyrrole nitrogens is 1. The van der Waals surface area contributed by atoms with Gasteiger partial charge in [-0.1, -0.05) is 19.3 Å². The molecule has 1 aliphatic heterocycles. The van der Waals surface area contributed by atoms with Gasteiger partial charge in [0.25, 0.3) is 5.91 Å². The number of hydrogen-bond donors (Lipinski definition) is 1. The second kappa shape index (κ2) is 5.38. The molecule has 1 fully saturated rings. The Morgan fingerprint density at radius 3 is 2.47 bits per heavy atom. The van der Waals surface area contributed by atoms with Crippen LogP contribution in [0.3, 0.4) is 0 Å². The molecule has 0 radical (unpaired) electrons. The van der Waals surface area contributed by atoms with Gasteiger partial charge in [-0.2, -0.15) is 15.4 Å². The lowest BCUT2D eigenvalue weighted by atomic mass is 10.1. The van der Waals surface area contributed by atoms with E-state index >= 15 is 0 Å². The second-order valence-corrected chi connectivity index (χ2v) is 5.09. The Balaban J connectivity index is 1.80. The molecule has 1 aromatic heterocycles. The van der Waals surface area contributed by atoms with Crippen LogP contribution >= 0.6 is 0 Å². The number of likely N-dealkylation sites (tertiary alicyclic amines) is 1. The van der Waals surface area contributed by atoms with Crippen molar-refractivity contribution >= 4 is 16.9 Å². The highest BCUT2D eigenvalue weighted by Gasteiger charge is 2.17. The lowest BCUT2D eigenvalue weighted by Crippen LogP contribution is -2.33. The van der Waals surface area contributed by atoms with Crippen molar-refractivity contribution in [3.8, 4) is 0 Å². The smallest absolute Gasteiger partial charge is 0.253 e. The molecular formula is C14H18N4O. The summed E-state index contributed by atoms with van der Waals surface area (Å²) < 4.78 is 0. The molecule has 5 nitrogen and oxygen atoms in total. The second-order valence-electron chi connectivity index (χ2n) is 5.09. The highest BCUT2D eigenvalue weighted by Crippen LogP contribution is 2.16. The van der Waals surface area contributed by atoms with E-state index in [1.165, 1.54) is 19.3 Å². The monoisotopic (exact) mass is 258 g/mol. The van der Waals surface area contributed by atoms with E-state index in [1.807, 2.05) is 23.1 Å². The molecule has 2 aromatic rings. The van der Waals surface area contributed by atoms with Gasteiger partial charge in [0.15, 0.2) is 0 Å². The number of nitrogens with zero attached hydrogens (tertiary/aromatic N) is 3. The molecule has 1 amide bonds. The number of benzene rings is 1. The van der Waals surface area contributed by atoms with Crippen LogP contribution in [-0.2, 0) is 0 Å². The molecule has 0 bridgehead atoms. The van der Waals surface area contributed by atoms with Gasteiger partial charge in [0, 0.05) is 18.7 Å². The number of carbonyl (C=O) groups excluding carboxylic acids is 1. The van der Waals surface area contributed by atoms with Gasteiger partial charge in [-0.25, -0.2) is 0 Å². The van der Waals surface area contributed by atoms with Crippen LogP contribution < -0.4 is 0 Å². The fourth-order valence-corrected chi connectivity index (χ4v) is 2.61. The van der Waals surface area contributed by atoms with Gasteiger partial charge in [0.1, 0.15) is 11.0 Å². The van der Waals surface area contributed by atoms with E-state index < -0.39 is 0 Å². The lowest BCUT2D eigenvalue weighted by Gasteiger charge is -2.24. The SMILES string of the molecule is O=C(c1ccc2n[nH]nc2c1)N1CCCCCCC1. The molecule has 0 saturated carbocycles. The Morgan fingerprint density at radius 2 is 1.68 bits per heavy atom. The largest absolute Gasteiger partial charge is 0.339 e.